The van der Waals surface area contributed by atoms with E-state index < -0.39 is 0 Å². The van der Waals surface area contributed by atoms with Crippen LogP contribution in [0, 0.1) is 0 Å². The van der Waals surface area contributed by atoms with Gasteiger partial charge < -0.3 is 20.1 Å². The van der Waals surface area contributed by atoms with Gasteiger partial charge in [-0.05, 0) is 47.4 Å². The lowest BCUT2D eigenvalue weighted by molar-refractivity contribution is 0.107. The molecule has 0 aliphatic heterocycles. The van der Waals surface area contributed by atoms with Crippen molar-refractivity contribution in [2.75, 3.05) is 19.0 Å². The van der Waals surface area contributed by atoms with Gasteiger partial charge in [-0.25, -0.2) is 4.79 Å². The molecule has 3 rings (SSSR count). The molecular formula is C24H26N2O3. The summed E-state index contributed by atoms with van der Waals surface area (Å²) < 4.78 is 10.9. The molecule has 0 unspecified atom stereocenters. The molecule has 3 aromatic carbocycles. The van der Waals surface area contributed by atoms with Crippen molar-refractivity contribution in [3.8, 4) is 5.75 Å². The van der Waals surface area contributed by atoms with Gasteiger partial charge in [-0.15, -0.1) is 0 Å². The van der Waals surface area contributed by atoms with Gasteiger partial charge in [0.25, 0.3) is 0 Å². The van der Waals surface area contributed by atoms with E-state index in [9.17, 15) is 4.79 Å². The molecule has 0 aliphatic rings. The number of carbonyl (C=O) groups excluding carboxylic acids is 1. The van der Waals surface area contributed by atoms with Crippen LogP contribution in [0.4, 0.5) is 10.5 Å². The normalized spacial score (nSPS) is 10.4. The summed E-state index contributed by atoms with van der Waals surface area (Å²) in [7, 11) is 1.65. The van der Waals surface area contributed by atoms with Crippen LogP contribution < -0.4 is 15.4 Å². The molecule has 2 N–H and O–H groups in total. The van der Waals surface area contributed by atoms with Crippen molar-refractivity contribution in [2.45, 2.75) is 19.6 Å². The Morgan fingerprint density at radius 1 is 0.828 bits per heavy atom. The second kappa shape index (κ2) is 10.9. The Morgan fingerprint density at radius 3 is 2.31 bits per heavy atom. The van der Waals surface area contributed by atoms with Gasteiger partial charge in [0.1, 0.15) is 5.75 Å². The minimum atomic E-state index is -0.211. The number of carbonyl (C=O) groups is 1. The van der Waals surface area contributed by atoms with Crippen molar-refractivity contribution in [1.82, 2.24) is 5.32 Å². The Morgan fingerprint density at radius 2 is 1.55 bits per heavy atom. The SMILES string of the molecule is COc1ccc(COCc2cccc(NC(=O)NCCc3ccccc3)c2)cc1. The van der Waals surface area contributed by atoms with Gasteiger partial charge in [0, 0.05) is 12.2 Å². The lowest BCUT2D eigenvalue weighted by atomic mass is 10.1. The summed E-state index contributed by atoms with van der Waals surface area (Å²) in [5, 5.41) is 5.75. The molecule has 0 heterocycles. The number of hydrogen-bond donors (Lipinski definition) is 2. The topological polar surface area (TPSA) is 59.6 Å². The quantitative estimate of drug-likeness (QED) is 0.553. The average molecular weight is 390 g/mol. The van der Waals surface area contributed by atoms with Crippen molar-refractivity contribution >= 4 is 11.7 Å². The molecule has 150 valence electrons. The summed E-state index contributed by atoms with van der Waals surface area (Å²) >= 11 is 0. The van der Waals surface area contributed by atoms with Gasteiger partial charge in [-0.2, -0.15) is 0 Å². The van der Waals surface area contributed by atoms with Crippen molar-refractivity contribution < 1.29 is 14.3 Å². The molecule has 0 aromatic heterocycles. The van der Waals surface area contributed by atoms with E-state index in [1.165, 1.54) is 5.56 Å². The van der Waals surface area contributed by atoms with Crippen molar-refractivity contribution in [3.05, 3.63) is 95.6 Å². The number of hydrogen-bond acceptors (Lipinski definition) is 3. The number of anilines is 1. The Hall–Kier alpha value is -3.31. The highest BCUT2D eigenvalue weighted by molar-refractivity contribution is 5.89. The lowest BCUT2D eigenvalue weighted by Crippen LogP contribution is -2.30. The fourth-order valence-electron chi connectivity index (χ4n) is 2.89. The van der Waals surface area contributed by atoms with Crippen LogP contribution in [0.1, 0.15) is 16.7 Å². The maximum atomic E-state index is 12.1. The van der Waals surface area contributed by atoms with Gasteiger partial charge >= 0.3 is 6.03 Å². The van der Waals surface area contributed by atoms with Gasteiger partial charge in [-0.3, -0.25) is 0 Å². The van der Waals surface area contributed by atoms with Crippen molar-refractivity contribution in [1.29, 1.82) is 0 Å². The summed E-state index contributed by atoms with van der Waals surface area (Å²) in [6.45, 7) is 1.57. The van der Waals surface area contributed by atoms with E-state index in [0.717, 1.165) is 29.0 Å². The summed E-state index contributed by atoms with van der Waals surface area (Å²) in [5.41, 5.74) is 4.02. The maximum absolute atomic E-state index is 12.1. The first-order valence-corrected chi connectivity index (χ1v) is 9.61. The van der Waals surface area contributed by atoms with E-state index in [1.54, 1.807) is 7.11 Å². The van der Waals surface area contributed by atoms with Crippen molar-refractivity contribution in [2.24, 2.45) is 0 Å². The van der Waals surface area contributed by atoms with Crippen LogP contribution in [0.25, 0.3) is 0 Å². The first-order valence-electron chi connectivity index (χ1n) is 9.61. The Kier molecular flexibility index (Phi) is 7.66. The van der Waals surface area contributed by atoms with Crippen LogP contribution in [-0.2, 0) is 24.4 Å². The zero-order valence-electron chi connectivity index (χ0n) is 16.6. The van der Waals surface area contributed by atoms with Crippen LogP contribution in [0.15, 0.2) is 78.9 Å². The number of nitrogens with one attached hydrogen (secondary N) is 2. The summed E-state index contributed by atoms with van der Waals surface area (Å²) in [4.78, 5) is 12.1. The summed E-state index contributed by atoms with van der Waals surface area (Å²) in [6, 6.07) is 25.3. The molecule has 29 heavy (non-hydrogen) atoms. The van der Waals surface area contributed by atoms with Gasteiger partial charge in [0.15, 0.2) is 0 Å². The summed E-state index contributed by atoms with van der Waals surface area (Å²) in [5.74, 6) is 0.828. The molecule has 0 saturated heterocycles. The van der Waals surface area contributed by atoms with Gasteiger partial charge in [0.2, 0.25) is 0 Å². The highest BCUT2D eigenvalue weighted by Gasteiger charge is 2.03. The number of benzene rings is 3. The van der Waals surface area contributed by atoms with E-state index >= 15 is 0 Å². The molecule has 0 bridgehead atoms. The van der Waals surface area contributed by atoms with Crippen LogP contribution in [0.2, 0.25) is 0 Å². The molecule has 5 heteroatoms. The van der Waals surface area contributed by atoms with Crippen molar-refractivity contribution in [3.63, 3.8) is 0 Å². The maximum Gasteiger partial charge on any atom is 0.319 e. The molecule has 0 atom stereocenters. The minimum absolute atomic E-state index is 0.211. The molecular weight excluding hydrogens is 364 g/mol. The van der Waals surface area contributed by atoms with Crippen LogP contribution in [0.5, 0.6) is 5.75 Å². The fraction of sp³-hybridized carbons (Fsp3) is 0.208. The minimum Gasteiger partial charge on any atom is -0.497 e. The standard InChI is InChI=1S/C24H26N2O3/c1-28-23-12-10-20(11-13-23)17-29-18-21-8-5-9-22(16-21)26-24(27)25-15-14-19-6-3-2-4-7-19/h2-13,16H,14-15,17-18H2,1H3,(H2,25,26,27). The zero-order chi connectivity index (χ0) is 20.3. The average Bonchev–Trinajstić information content (AvgIpc) is 2.75. The molecule has 2 amide bonds. The number of rotatable bonds is 9. The summed E-state index contributed by atoms with van der Waals surface area (Å²) in [6.07, 6.45) is 0.799. The Bertz CT molecular complexity index is 896. The van der Waals surface area contributed by atoms with E-state index in [4.69, 9.17) is 9.47 Å². The lowest BCUT2D eigenvalue weighted by Gasteiger charge is -2.10. The number of amides is 2. The largest absolute Gasteiger partial charge is 0.497 e. The molecule has 0 radical (unpaired) electrons. The molecule has 5 nitrogen and oxygen atoms in total. The second-order valence-corrected chi connectivity index (χ2v) is 6.66. The van der Waals surface area contributed by atoms with Crippen LogP contribution >= 0.6 is 0 Å². The predicted molar refractivity (Wildman–Crippen MR) is 115 cm³/mol. The van der Waals surface area contributed by atoms with Crippen LogP contribution in [-0.4, -0.2) is 19.7 Å². The smallest absolute Gasteiger partial charge is 0.319 e. The third-order valence-corrected chi connectivity index (χ3v) is 4.42. The molecule has 0 aliphatic carbocycles. The van der Waals surface area contributed by atoms with E-state index in [-0.39, 0.29) is 6.03 Å². The third kappa shape index (κ3) is 6.97. The van der Waals surface area contributed by atoms with E-state index in [1.807, 2.05) is 66.7 Å². The number of urea groups is 1. The van der Waals surface area contributed by atoms with Gasteiger partial charge in [0.05, 0.1) is 20.3 Å². The highest BCUT2D eigenvalue weighted by Crippen LogP contribution is 2.15. The van der Waals surface area contributed by atoms with Gasteiger partial charge in [-0.1, -0.05) is 54.6 Å². The number of ether oxygens (including phenoxy) is 2. The Labute approximate surface area is 171 Å². The zero-order valence-corrected chi connectivity index (χ0v) is 16.6. The molecule has 0 spiro atoms. The molecule has 0 saturated carbocycles. The van der Waals surface area contributed by atoms with E-state index in [2.05, 4.69) is 22.8 Å². The predicted octanol–water partition coefficient (Wildman–Crippen LogP) is 4.78. The molecule has 3 aromatic rings. The Balaban J connectivity index is 1.41. The highest BCUT2D eigenvalue weighted by atomic mass is 16.5. The van der Waals surface area contributed by atoms with E-state index in [0.29, 0.717) is 19.8 Å². The monoisotopic (exact) mass is 390 g/mol. The third-order valence-electron chi connectivity index (χ3n) is 4.42. The van der Waals surface area contributed by atoms with Crippen LogP contribution in [0.3, 0.4) is 0 Å². The number of methoxy groups -OCH3 is 1. The first kappa shape index (κ1) is 20.4. The molecule has 0 fully saturated rings. The first-order chi connectivity index (χ1) is 14.2. The fourth-order valence-corrected chi connectivity index (χ4v) is 2.89. The second-order valence-electron chi connectivity index (χ2n) is 6.66.